The summed E-state index contributed by atoms with van der Waals surface area (Å²) in [5.74, 6) is 0. The SMILES string of the molecule is OCCCNC(=S)Nc1cccc(C(F)(F)F)c1. The number of alkyl halides is 3. The minimum absolute atomic E-state index is 0.0270. The van der Waals surface area contributed by atoms with E-state index in [9.17, 15) is 13.2 Å². The van der Waals surface area contributed by atoms with E-state index in [1.165, 1.54) is 12.1 Å². The summed E-state index contributed by atoms with van der Waals surface area (Å²) >= 11 is 4.90. The van der Waals surface area contributed by atoms with Gasteiger partial charge in [0.2, 0.25) is 0 Å². The van der Waals surface area contributed by atoms with Crippen molar-refractivity contribution in [3.63, 3.8) is 0 Å². The third kappa shape index (κ3) is 4.89. The fourth-order valence-electron chi connectivity index (χ4n) is 1.23. The van der Waals surface area contributed by atoms with E-state index in [1.54, 1.807) is 0 Å². The Kier molecular flexibility index (Phi) is 5.36. The van der Waals surface area contributed by atoms with Gasteiger partial charge in [-0.05, 0) is 36.8 Å². The molecule has 0 aliphatic rings. The lowest BCUT2D eigenvalue weighted by molar-refractivity contribution is -0.137. The average Bonchev–Trinajstić information content (AvgIpc) is 2.28. The van der Waals surface area contributed by atoms with Crippen LogP contribution in [0.3, 0.4) is 0 Å². The minimum atomic E-state index is -4.37. The molecule has 0 amide bonds. The van der Waals surface area contributed by atoms with E-state index in [0.717, 1.165) is 12.1 Å². The van der Waals surface area contributed by atoms with Crippen LogP contribution in [0.4, 0.5) is 18.9 Å². The molecule has 0 aliphatic heterocycles. The van der Waals surface area contributed by atoms with Crippen molar-refractivity contribution in [3.8, 4) is 0 Å². The summed E-state index contributed by atoms with van der Waals surface area (Å²) in [5.41, 5.74) is -0.461. The van der Waals surface area contributed by atoms with Crippen LogP contribution in [-0.2, 0) is 6.18 Å². The second-order valence-electron chi connectivity index (χ2n) is 3.54. The molecular formula is C11H13F3N2OS. The Bertz CT molecular complexity index is 410. The van der Waals surface area contributed by atoms with E-state index in [4.69, 9.17) is 17.3 Å². The highest BCUT2D eigenvalue weighted by atomic mass is 32.1. The topological polar surface area (TPSA) is 44.3 Å². The van der Waals surface area contributed by atoms with Crippen LogP contribution in [0.1, 0.15) is 12.0 Å². The van der Waals surface area contributed by atoms with Crippen molar-refractivity contribution in [2.45, 2.75) is 12.6 Å². The fourth-order valence-corrected chi connectivity index (χ4v) is 1.45. The molecule has 0 spiro atoms. The number of nitrogens with one attached hydrogen (secondary N) is 2. The lowest BCUT2D eigenvalue weighted by Gasteiger charge is -2.12. The maximum Gasteiger partial charge on any atom is 0.416 e. The van der Waals surface area contributed by atoms with E-state index in [2.05, 4.69) is 10.6 Å². The first kappa shape index (κ1) is 14.7. The first-order chi connectivity index (χ1) is 8.43. The van der Waals surface area contributed by atoms with Gasteiger partial charge >= 0.3 is 6.18 Å². The number of anilines is 1. The quantitative estimate of drug-likeness (QED) is 0.584. The van der Waals surface area contributed by atoms with Crippen LogP contribution >= 0.6 is 12.2 Å². The highest BCUT2D eigenvalue weighted by Crippen LogP contribution is 2.30. The van der Waals surface area contributed by atoms with Gasteiger partial charge in [0.25, 0.3) is 0 Å². The lowest BCUT2D eigenvalue weighted by atomic mass is 10.2. The van der Waals surface area contributed by atoms with E-state index >= 15 is 0 Å². The van der Waals surface area contributed by atoms with Gasteiger partial charge < -0.3 is 15.7 Å². The van der Waals surface area contributed by atoms with Crippen LogP contribution in [-0.4, -0.2) is 23.4 Å². The van der Waals surface area contributed by atoms with E-state index in [1.807, 2.05) is 0 Å². The molecule has 18 heavy (non-hydrogen) atoms. The van der Waals surface area contributed by atoms with Crippen LogP contribution in [0.2, 0.25) is 0 Å². The molecule has 0 unspecified atom stereocenters. The normalized spacial score (nSPS) is 11.1. The first-order valence-corrected chi connectivity index (χ1v) is 5.67. The Morgan fingerprint density at radius 2 is 2.06 bits per heavy atom. The summed E-state index contributed by atoms with van der Waals surface area (Å²) in [7, 11) is 0. The van der Waals surface area contributed by atoms with Crippen LogP contribution in [0, 0.1) is 0 Å². The van der Waals surface area contributed by atoms with Gasteiger partial charge in [0.1, 0.15) is 0 Å². The molecule has 1 aromatic rings. The first-order valence-electron chi connectivity index (χ1n) is 5.26. The third-order valence-corrected chi connectivity index (χ3v) is 2.31. The van der Waals surface area contributed by atoms with Gasteiger partial charge in [-0.15, -0.1) is 0 Å². The summed E-state index contributed by atoms with van der Waals surface area (Å²) in [5, 5.41) is 14.2. The van der Waals surface area contributed by atoms with Crippen molar-refractivity contribution < 1.29 is 18.3 Å². The molecule has 0 radical (unpaired) electrons. The summed E-state index contributed by atoms with van der Waals surface area (Å²) in [6, 6.07) is 4.78. The van der Waals surface area contributed by atoms with Gasteiger partial charge in [-0.1, -0.05) is 6.07 Å². The molecule has 100 valence electrons. The van der Waals surface area contributed by atoms with Crippen LogP contribution < -0.4 is 10.6 Å². The molecular weight excluding hydrogens is 265 g/mol. The van der Waals surface area contributed by atoms with Gasteiger partial charge in [0.15, 0.2) is 5.11 Å². The Morgan fingerprint density at radius 3 is 2.67 bits per heavy atom. The average molecular weight is 278 g/mol. The van der Waals surface area contributed by atoms with Gasteiger partial charge in [0.05, 0.1) is 5.56 Å². The monoisotopic (exact) mass is 278 g/mol. The molecule has 0 fully saturated rings. The lowest BCUT2D eigenvalue weighted by Crippen LogP contribution is -2.29. The zero-order valence-corrected chi connectivity index (χ0v) is 10.2. The second-order valence-corrected chi connectivity index (χ2v) is 3.94. The van der Waals surface area contributed by atoms with Gasteiger partial charge in [-0.3, -0.25) is 0 Å². The highest BCUT2D eigenvalue weighted by molar-refractivity contribution is 7.80. The maximum atomic E-state index is 12.4. The third-order valence-electron chi connectivity index (χ3n) is 2.07. The van der Waals surface area contributed by atoms with Crippen LogP contribution in [0.15, 0.2) is 24.3 Å². The smallest absolute Gasteiger partial charge is 0.396 e. The molecule has 0 atom stereocenters. The fraction of sp³-hybridized carbons (Fsp3) is 0.364. The number of hydrogen-bond donors (Lipinski definition) is 3. The van der Waals surface area contributed by atoms with Crippen molar-refractivity contribution in [1.82, 2.24) is 5.32 Å². The summed E-state index contributed by atoms with van der Waals surface area (Å²) in [6.45, 7) is 0.487. The Morgan fingerprint density at radius 1 is 1.33 bits per heavy atom. The van der Waals surface area contributed by atoms with E-state index in [-0.39, 0.29) is 17.4 Å². The van der Waals surface area contributed by atoms with Crippen LogP contribution in [0.25, 0.3) is 0 Å². The van der Waals surface area contributed by atoms with Gasteiger partial charge in [0, 0.05) is 18.8 Å². The predicted octanol–water partition coefficient (Wildman–Crippen LogP) is 2.37. The minimum Gasteiger partial charge on any atom is -0.396 e. The number of hydrogen-bond acceptors (Lipinski definition) is 2. The highest BCUT2D eigenvalue weighted by Gasteiger charge is 2.30. The van der Waals surface area contributed by atoms with Crippen molar-refractivity contribution >= 4 is 23.0 Å². The second kappa shape index (κ2) is 6.55. The number of rotatable bonds is 4. The number of halogens is 3. The van der Waals surface area contributed by atoms with Crippen molar-refractivity contribution in [3.05, 3.63) is 29.8 Å². The molecule has 3 N–H and O–H groups in total. The Hall–Kier alpha value is -1.34. The molecule has 1 aromatic carbocycles. The summed E-state index contributed by atoms with van der Waals surface area (Å²) in [6.07, 6.45) is -3.85. The Balaban J connectivity index is 2.60. The molecule has 0 saturated heterocycles. The summed E-state index contributed by atoms with van der Waals surface area (Å²) < 4.78 is 37.3. The zero-order chi connectivity index (χ0) is 13.6. The molecule has 0 heterocycles. The van der Waals surface area contributed by atoms with Crippen LogP contribution in [0.5, 0.6) is 0 Å². The number of aliphatic hydroxyl groups is 1. The zero-order valence-electron chi connectivity index (χ0n) is 9.42. The Labute approximate surface area is 108 Å². The van der Waals surface area contributed by atoms with Crippen molar-refractivity contribution in [2.24, 2.45) is 0 Å². The predicted molar refractivity (Wildman–Crippen MR) is 67.4 cm³/mol. The molecule has 7 heteroatoms. The molecule has 3 nitrogen and oxygen atoms in total. The molecule has 0 aliphatic carbocycles. The number of thiocarbonyl (C=S) groups is 1. The van der Waals surface area contributed by atoms with Gasteiger partial charge in [-0.25, -0.2) is 0 Å². The summed E-state index contributed by atoms with van der Waals surface area (Å²) in [4.78, 5) is 0. The molecule has 0 aromatic heterocycles. The number of aliphatic hydroxyl groups excluding tert-OH is 1. The van der Waals surface area contributed by atoms with E-state index in [0.29, 0.717) is 13.0 Å². The standard InChI is InChI=1S/C11H13F3N2OS/c12-11(13,14)8-3-1-4-9(7-8)16-10(18)15-5-2-6-17/h1,3-4,7,17H,2,5-6H2,(H2,15,16,18). The van der Waals surface area contributed by atoms with Gasteiger partial charge in [-0.2, -0.15) is 13.2 Å². The molecule has 0 saturated carbocycles. The molecule has 1 rings (SSSR count). The van der Waals surface area contributed by atoms with E-state index < -0.39 is 11.7 Å². The maximum absolute atomic E-state index is 12.4. The molecule has 0 bridgehead atoms. The largest absolute Gasteiger partial charge is 0.416 e. The number of benzene rings is 1. The van der Waals surface area contributed by atoms with Crippen molar-refractivity contribution in [1.29, 1.82) is 0 Å². The van der Waals surface area contributed by atoms with Crippen molar-refractivity contribution in [2.75, 3.05) is 18.5 Å².